The average molecular weight is 916 g/mol. The molecule has 0 bridgehead atoms. The van der Waals surface area contributed by atoms with Gasteiger partial charge in [-0.1, -0.05) is 0 Å². The van der Waals surface area contributed by atoms with Crippen molar-refractivity contribution in [2.24, 2.45) is 0 Å². The molecule has 0 radical (unpaired) electrons. The quantitative estimate of drug-likeness (QED) is 0.172. The summed E-state index contributed by atoms with van der Waals surface area (Å²) < 4.78 is 12.7. The van der Waals surface area contributed by atoms with Gasteiger partial charge in [0.15, 0.2) is 0 Å². The normalized spacial score (nSPS) is 18.1. The van der Waals surface area contributed by atoms with Crippen LogP contribution in [0.3, 0.4) is 0 Å². The third-order valence-electron chi connectivity index (χ3n) is 13.3. The number of methoxy groups -OCH3 is 2. The maximum absolute atomic E-state index is 8.90. The Morgan fingerprint density at radius 2 is 0.828 bits per heavy atom. The molecule has 6 heteroatoms. The Bertz CT molecular complexity index is 2160. The van der Waals surface area contributed by atoms with Crippen molar-refractivity contribution in [1.82, 2.24) is 0 Å². The zero-order valence-electron chi connectivity index (χ0n) is 38.7. The number of halogens is 2. The van der Waals surface area contributed by atoms with Crippen LogP contribution < -0.4 is 9.47 Å². The zero-order chi connectivity index (χ0) is 43.3. The molecule has 311 valence electrons. The molecule has 2 aliphatic carbocycles. The van der Waals surface area contributed by atoms with Crippen molar-refractivity contribution >= 4 is 35.1 Å². The maximum atomic E-state index is 8.90. The Kier molecular flexibility index (Phi) is 11.6. The standard InChI is InChI=1S/2C25H31O.C2H7Si.2ClH.Zr/c2*1-16-13-18-15-21(25(5,6)7)23(26-8)22(20(18)14-16)17-9-11-19(12-10-17)24(2,3)4;1-3-2;;;/h2*9-15H,1-8H3;3H,1-2H3;2*1H;/q;;;;;+2/p-2. The van der Waals surface area contributed by atoms with Gasteiger partial charge in [-0.25, -0.2) is 0 Å². The van der Waals surface area contributed by atoms with Crippen molar-refractivity contribution in [3.8, 4) is 33.8 Å². The Labute approximate surface area is 360 Å². The summed E-state index contributed by atoms with van der Waals surface area (Å²) in [5, 5.41) is 0. The number of rotatable bonds is 7. The third kappa shape index (κ3) is 7.41. The predicted molar refractivity (Wildman–Crippen MR) is 255 cm³/mol. The molecular formula is C52H69Cl2O2SiZr. The summed E-state index contributed by atoms with van der Waals surface area (Å²) in [5.74, 6) is 0.0678. The van der Waals surface area contributed by atoms with Crippen molar-refractivity contribution in [3.63, 3.8) is 0 Å². The molecule has 6 rings (SSSR count). The van der Waals surface area contributed by atoms with Crippen LogP contribution in [0.1, 0.15) is 149 Å². The van der Waals surface area contributed by atoms with Crippen LogP contribution in [0.15, 0.2) is 71.8 Å². The van der Waals surface area contributed by atoms with E-state index in [9.17, 15) is 0 Å². The number of allylic oxidation sites excluding steroid dienone is 2. The summed E-state index contributed by atoms with van der Waals surface area (Å²) in [6.45, 7) is 36.8. The summed E-state index contributed by atoms with van der Waals surface area (Å²) in [4.78, 5) is 0. The third-order valence-corrected chi connectivity index (χ3v) is 65.6. The van der Waals surface area contributed by atoms with Gasteiger partial charge in [-0.15, -0.1) is 0 Å². The number of hydrogen-bond donors (Lipinski definition) is 0. The van der Waals surface area contributed by atoms with Gasteiger partial charge < -0.3 is 0 Å². The van der Waals surface area contributed by atoms with Gasteiger partial charge in [0.25, 0.3) is 0 Å². The average Bonchev–Trinajstić information content (AvgIpc) is 3.64. The summed E-state index contributed by atoms with van der Waals surface area (Å²) in [5.41, 5.74) is 16.8. The predicted octanol–water partition coefficient (Wildman–Crippen LogP) is 15.8. The van der Waals surface area contributed by atoms with Crippen molar-refractivity contribution in [2.45, 2.75) is 139 Å². The number of benzene rings is 4. The minimum atomic E-state index is -5.12. The number of hydrogen-bond acceptors (Lipinski definition) is 2. The minimum absolute atomic E-state index is 0.0502. The molecule has 0 amide bonds. The second-order valence-electron chi connectivity index (χ2n) is 21.8. The van der Waals surface area contributed by atoms with Crippen molar-refractivity contribution < 1.29 is 25.0 Å². The number of fused-ring (bicyclic) bond motifs is 2. The second-order valence-corrected chi connectivity index (χ2v) is 64.4. The molecule has 0 heterocycles. The first-order valence-corrected chi connectivity index (χ1v) is 37.5. The monoisotopic (exact) mass is 913 g/mol. The molecule has 0 N–H and O–H groups in total. The Balaban J connectivity index is 1.68. The molecule has 2 nitrogen and oxygen atoms in total. The summed E-state index contributed by atoms with van der Waals surface area (Å²) in [7, 11) is 21.4. The Morgan fingerprint density at radius 3 is 1.07 bits per heavy atom. The molecule has 0 fully saturated rings. The summed E-state index contributed by atoms with van der Waals surface area (Å²) in [6.07, 6.45) is 4.81. The van der Waals surface area contributed by atoms with Crippen LogP contribution >= 0.6 is 17.0 Å². The van der Waals surface area contributed by atoms with Crippen LogP contribution in [-0.4, -0.2) is 20.1 Å². The Morgan fingerprint density at radius 1 is 0.517 bits per heavy atom. The van der Waals surface area contributed by atoms with E-state index in [1.165, 1.54) is 55.7 Å². The zero-order valence-corrected chi connectivity index (χ0v) is 43.9. The van der Waals surface area contributed by atoms with Crippen molar-refractivity contribution in [1.29, 1.82) is 0 Å². The second kappa shape index (κ2) is 14.9. The van der Waals surface area contributed by atoms with E-state index in [0.29, 0.717) is 0 Å². The van der Waals surface area contributed by atoms with E-state index < -0.39 is 21.5 Å². The first-order chi connectivity index (χ1) is 26.6. The van der Waals surface area contributed by atoms with E-state index in [2.05, 4.69) is 183 Å². The summed E-state index contributed by atoms with van der Waals surface area (Å²) in [6, 6.07) is 23.1. The van der Waals surface area contributed by atoms with Crippen LogP contribution in [0, 0.1) is 0 Å². The molecule has 2 aliphatic rings. The molecule has 0 aromatic heterocycles. The van der Waals surface area contributed by atoms with E-state index in [-0.39, 0.29) is 28.9 Å². The van der Waals surface area contributed by atoms with Crippen LogP contribution in [0.4, 0.5) is 0 Å². The van der Waals surface area contributed by atoms with Gasteiger partial charge in [-0.3, -0.25) is 0 Å². The summed E-state index contributed by atoms with van der Waals surface area (Å²) >= 11 is -5.12. The van der Waals surface area contributed by atoms with Gasteiger partial charge in [-0.2, -0.15) is 0 Å². The topological polar surface area (TPSA) is 18.5 Å². The molecule has 0 aliphatic heterocycles. The van der Waals surface area contributed by atoms with Crippen LogP contribution in [0.2, 0.25) is 13.1 Å². The van der Waals surface area contributed by atoms with E-state index >= 15 is 0 Å². The Hall–Kier alpha value is -2.36. The van der Waals surface area contributed by atoms with Gasteiger partial charge in [0, 0.05) is 0 Å². The molecule has 0 saturated carbocycles. The fraction of sp³-hybridized carbons (Fsp3) is 0.462. The van der Waals surface area contributed by atoms with Gasteiger partial charge >= 0.3 is 363 Å². The first-order valence-electron chi connectivity index (χ1n) is 21.2. The van der Waals surface area contributed by atoms with Crippen LogP contribution in [0.25, 0.3) is 34.4 Å². The molecule has 0 spiro atoms. The fourth-order valence-corrected chi connectivity index (χ4v) is 42.8. The fourth-order valence-electron chi connectivity index (χ4n) is 9.98. The first kappa shape index (κ1) is 45.2. The van der Waals surface area contributed by atoms with Crippen LogP contribution in [-0.2, 0) is 37.2 Å². The SMILES string of the molecule is COc1c(C(C)(C)C)cc2c(c1-c1ccc(C(C)(C)C)cc1)C=C(C)[CH]2[Zr]([Cl])([Cl])([CH]1C(C)=Cc2c1cc(C(C)(C)C)c(OC)c2-c1ccc(C(C)(C)C)cc1)[SiH](C)C. The van der Waals surface area contributed by atoms with Gasteiger partial charge in [0.2, 0.25) is 0 Å². The molecule has 4 aromatic rings. The van der Waals surface area contributed by atoms with Crippen molar-refractivity contribution in [2.75, 3.05) is 14.2 Å². The molecular weight excluding hydrogens is 847 g/mol. The molecule has 2 atom stereocenters. The molecule has 4 aromatic carbocycles. The molecule has 0 saturated heterocycles. The van der Waals surface area contributed by atoms with Gasteiger partial charge in [0.05, 0.1) is 0 Å². The molecule has 58 heavy (non-hydrogen) atoms. The molecule has 2 unspecified atom stereocenters. The van der Waals surface area contributed by atoms with Crippen LogP contribution in [0.5, 0.6) is 11.5 Å². The van der Waals surface area contributed by atoms with E-state index in [1.54, 1.807) is 0 Å². The van der Waals surface area contributed by atoms with E-state index in [4.69, 9.17) is 26.5 Å². The van der Waals surface area contributed by atoms with E-state index in [0.717, 1.165) is 33.8 Å². The van der Waals surface area contributed by atoms with E-state index in [1.807, 2.05) is 14.2 Å². The van der Waals surface area contributed by atoms with Crippen molar-refractivity contribution in [3.05, 3.63) is 116 Å². The van der Waals surface area contributed by atoms with Gasteiger partial charge in [-0.05, 0) is 0 Å². The van der Waals surface area contributed by atoms with Gasteiger partial charge in [0.1, 0.15) is 0 Å². The number of ether oxygens (including phenoxy) is 2.